The summed E-state index contributed by atoms with van der Waals surface area (Å²) in [7, 11) is 0. The van der Waals surface area contributed by atoms with Crippen molar-refractivity contribution in [2.24, 2.45) is 0 Å². The van der Waals surface area contributed by atoms with Crippen LogP contribution in [0.25, 0.3) is 0 Å². The summed E-state index contributed by atoms with van der Waals surface area (Å²) in [5, 5.41) is 0. The maximum absolute atomic E-state index is 5.59. The van der Waals surface area contributed by atoms with Gasteiger partial charge in [0.2, 0.25) is 0 Å². The molecule has 1 saturated carbocycles. The molecule has 0 spiro atoms. The summed E-state index contributed by atoms with van der Waals surface area (Å²) in [5.74, 6) is 1.78. The van der Waals surface area contributed by atoms with Crippen LogP contribution in [0.4, 0.5) is 0 Å². The van der Waals surface area contributed by atoms with Gasteiger partial charge in [-0.05, 0) is 62.1 Å². The lowest BCUT2D eigenvalue weighted by Gasteiger charge is -2.21. The molecule has 87 valence electrons. The highest BCUT2D eigenvalue weighted by Gasteiger charge is 2.15. The average Bonchev–Trinajstić information content (AvgIpc) is 2.38. The third kappa shape index (κ3) is 3.01. The molecule has 0 N–H and O–H groups in total. The maximum atomic E-state index is 5.59. The van der Waals surface area contributed by atoms with Crippen molar-refractivity contribution in [3.63, 3.8) is 0 Å². The van der Waals surface area contributed by atoms with Crippen molar-refractivity contribution in [2.45, 2.75) is 44.9 Å². The van der Waals surface area contributed by atoms with Crippen LogP contribution in [0.3, 0.4) is 0 Å². The molecule has 1 heteroatoms. The minimum atomic E-state index is 0.769. The first-order chi connectivity index (χ1) is 7.90. The van der Waals surface area contributed by atoms with E-state index in [-0.39, 0.29) is 0 Å². The Labute approximate surface area is 98.8 Å². The van der Waals surface area contributed by atoms with E-state index < -0.39 is 0 Å². The first-order valence-corrected chi connectivity index (χ1v) is 6.44. The van der Waals surface area contributed by atoms with Gasteiger partial charge in [-0.3, -0.25) is 0 Å². The van der Waals surface area contributed by atoms with Gasteiger partial charge in [0.1, 0.15) is 5.75 Å². The van der Waals surface area contributed by atoms with Gasteiger partial charge in [0, 0.05) is 0 Å². The number of benzene rings is 1. The fourth-order valence-electron chi connectivity index (χ4n) is 2.32. The van der Waals surface area contributed by atoms with Gasteiger partial charge in [-0.25, -0.2) is 0 Å². The summed E-state index contributed by atoms with van der Waals surface area (Å²) >= 11 is 0. The SMILES string of the molecule is CCCOc1ccc(C2CC[CH]CC2)cc1. The van der Waals surface area contributed by atoms with Crippen LogP contribution in [-0.4, -0.2) is 6.61 Å². The van der Waals surface area contributed by atoms with Crippen LogP contribution in [0.1, 0.15) is 50.5 Å². The fraction of sp³-hybridized carbons (Fsp3) is 0.533. The van der Waals surface area contributed by atoms with Crippen LogP contribution in [0.5, 0.6) is 5.75 Å². The molecule has 0 saturated heterocycles. The minimum absolute atomic E-state index is 0.769. The zero-order chi connectivity index (χ0) is 11.2. The average molecular weight is 217 g/mol. The largest absolute Gasteiger partial charge is 0.494 e. The van der Waals surface area contributed by atoms with Gasteiger partial charge in [0.25, 0.3) is 0 Å². The predicted octanol–water partition coefficient (Wildman–Crippen LogP) is 4.34. The van der Waals surface area contributed by atoms with E-state index in [1.165, 1.54) is 31.2 Å². The lowest BCUT2D eigenvalue weighted by atomic mass is 9.84. The zero-order valence-corrected chi connectivity index (χ0v) is 10.1. The maximum Gasteiger partial charge on any atom is 0.119 e. The summed E-state index contributed by atoms with van der Waals surface area (Å²) in [6.07, 6.45) is 8.66. The molecule has 1 aliphatic carbocycles. The Morgan fingerprint density at radius 3 is 2.44 bits per heavy atom. The fourth-order valence-corrected chi connectivity index (χ4v) is 2.32. The molecule has 1 aliphatic rings. The zero-order valence-electron chi connectivity index (χ0n) is 10.1. The van der Waals surface area contributed by atoms with Crippen LogP contribution in [-0.2, 0) is 0 Å². The van der Waals surface area contributed by atoms with E-state index in [2.05, 4.69) is 37.6 Å². The molecule has 0 atom stereocenters. The molecule has 0 aliphatic heterocycles. The standard InChI is InChI=1S/C15H21O/c1-2-12-16-15-10-8-14(9-11-15)13-6-4-3-5-7-13/h3,8-11,13H,2,4-7,12H2,1H3. The lowest BCUT2D eigenvalue weighted by molar-refractivity contribution is 0.317. The van der Waals surface area contributed by atoms with Crippen molar-refractivity contribution in [3.8, 4) is 5.75 Å². The second-order valence-corrected chi connectivity index (χ2v) is 4.56. The van der Waals surface area contributed by atoms with E-state index in [0.29, 0.717) is 0 Å². The number of hydrogen-bond donors (Lipinski definition) is 0. The smallest absolute Gasteiger partial charge is 0.119 e. The molecule has 0 unspecified atom stereocenters. The Morgan fingerprint density at radius 1 is 1.12 bits per heavy atom. The number of rotatable bonds is 4. The Hall–Kier alpha value is -0.980. The topological polar surface area (TPSA) is 9.23 Å². The Morgan fingerprint density at radius 2 is 1.81 bits per heavy atom. The second-order valence-electron chi connectivity index (χ2n) is 4.56. The highest BCUT2D eigenvalue weighted by Crippen LogP contribution is 2.32. The minimum Gasteiger partial charge on any atom is -0.494 e. The third-order valence-corrected chi connectivity index (χ3v) is 3.26. The van der Waals surface area contributed by atoms with E-state index in [1.54, 1.807) is 0 Å². The van der Waals surface area contributed by atoms with Crippen molar-refractivity contribution in [2.75, 3.05) is 6.61 Å². The number of ether oxygens (including phenoxy) is 1. The van der Waals surface area contributed by atoms with Gasteiger partial charge < -0.3 is 4.74 Å². The Balaban J connectivity index is 1.95. The summed E-state index contributed by atoms with van der Waals surface area (Å²) in [6, 6.07) is 8.70. The normalized spacial score (nSPS) is 17.3. The molecule has 1 fully saturated rings. The molecule has 0 heterocycles. The van der Waals surface area contributed by atoms with Gasteiger partial charge in [0.05, 0.1) is 6.61 Å². The number of hydrogen-bond acceptors (Lipinski definition) is 1. The molecule has 0 amide bonds. The van der Waals surface area contributed by atoms with Crippen molar-refractivity contribution >= 4 is 0 Å². The van der Waals surface area contributed by atoms with Crippen LogP contribution in [0.15, 0.2) is 24.3 Å². The molecular weight excluding hydrogens is 196 g/mol. The summed E-state index contributed by atoms with van der Waals surface area (Å²) in [5.41, 5.74) is 1.48. The quantitative estimate of drug-likeness (QED) is 0.729. The van der Waals surface area contributed by atoms with Gasteiger partial charge in [0.15, 0.2) is 0 Å². The molecule has 1 radical (unpaired) electrons. The van der Waals surface area contributed by atoms with Gasteiger partial charge >= 0.3 is 0 Å². The highest BCUT2D eigenvalue weighted by atomic mass is 16.5. The van der Waals surface area contributed by atoms with Crippen molar-refractivity contribution < 1.29 is 4.74 Å². The highest BCUT2D eigenvalue weighted by molar-refractivity contribution is 5.29. The van der Waals surface area contributed by atoms with Gasteiger partial charge in [-0.1, -0.05) is 19.1 Å². The van der Waals surface area contributed by atoms with Gasteiger partial charge in [-0.15, -0.1) is 0 Å². The first kappa shape index (κ1) is 11.5. The van der Waals surface area contributed by atoms with Crippen LogP contribution in [0, 0.1) is 6.42 Å². The Kier molecular flexibility index (Phi) is 4.26. The monoisotopic (exact) mass is 217 g/mol. The Bertz CT molecular complexity index is 296. The molecule has 1 aromatic carbocycles. The van der Waals surface area contributed by atoms with Crippen molar-refractivity contribution in [1.82, 2.24) is 0 Å². The van der Waals surface area contributed by atoms with Gasteiger partial charge in [-0.2, -0.15) is 0 Å². The van der Waals surface area contributed by atoms with E-state index >= 15 is 0 Å². The van der Waals surface area contributed by atoms with E-state index in [0.717, 1.165) is 24.7 Å². The molecule has 16 heavy (non-hydrogen) atoms. The van der Waals surface area contributed by atoms with Crippen LogP contribution < -0.4 is 4.74 Å². The van der Waals surface area contributed by atoms with Crippen LogP contribution >= 0.6 is 0 Å². The van der Waals surface area contributed by atoms with Crippen LogP contribution in [0.2, 0.25) is 0 Å². The second kappa shape index (κ2) is 5.93. The van der Waals surface area contributed by atoms with E-state index in [9.17, 15) is 0 Å². The lowest BCUT2D eigenvalue weighted by Crippen LogP contribution is -2.04. The summed E-state index contributed by atoms with van der Waals surface area (Å²) < 4.78 is 5.59. The predicted molar refractivity (Wildman–Crippen MR) is 67.7 cm³/mol. The van der Waals surface area contributed by atoms with E-state index in [4.69, 9.17) is 4.74 Å². The summed E-state index contributed by atoms with van der Waals surface area (Å²) in [6.45, 7) is 2.95. The van der Waals surface area contributed by atoms with E-state index in [1.807, 2.05) is 0 Å². The summed E-state index contributed by atoms with van der Waals surface area (Å²) in [4.78, 5) is 0. The molecule has 1 nitrogen and oxygen atoms in total. The molecule has 0 bridgehead atoms. The molecule has 0 aromatic heterocycles. The molecular formula is C15H21O. The molecule has 2 rings (SSSR count). The van der Waals surface area contributed by atoms with Crippen molar-refractivity contribution in [3.05, 3.63) is 36.2 Å². The van der Waals surface area contributed by atoms with Crippen molar-refractivity contribution in [1.29, 1.82) is 0 Å². The molecule has 1 aromatic rings. The third-order valence-electron chi connectivity index (χ3n) is 3.26. The first-order valence-electron chi connectivity index (χ1n) is 6.44.